The Bertz CT molecular complexity index is 883. The molecular formula is C19H20ClN3OS2. The van der Waals surface area contributed by atoms with E-state index in [1.165, 1.54) is 17.3 Å². The Morgan fingerprint density at radius 1 is 1.27 bits per heavy atom. The van der Waals surface area contributed by atoms with Gasteiger partial charge in [-0.3, -0.25) is 4.79 Å². The van der Waals surface area contributed by atoms with Gasteiger partial charge in [-0.25, -0.2) is 4.98 Å². The first-order valence-corrected chi connectivity index (χ1v) is 10.4. The van der Waals surface area contributed by atoms with E-state index in [-0.39, 0.29) is 11.9 Å². The first-order chi connectivity index (χ1) is 12.5. The fraction of sp³-hybridized carbons (Fsp3) is 0.263. The fourth-order valence-electron chi connectivity index (χ4n) is 2.60. The lowest BCUT2D eigenvalue weighted by atomic mass is 10.1. The molecule has 136 valence electrons. The number of halogens is 1. The topological polar surface area (TPSA) is 45.2 Å². The number of hydrogen-bond acceptors (Lipinski definition) is 5. The summed E-state index contributed by atoms with van der Waals surface area (Å²) in [5.41, 5.74) is 2.07. The molecule has 1 atom stereocenters. The summed E-state index contributed by atoms with van der Waals surface area (Å²) < 4.78 is 1.96. The van der Waals surface area contributed by atoms with E-state index in [1.807, 2.05) is 50.5 Å². The standard InChI is InChI=1S/C19H20ClN3OS2/c1-23(2)16(13-6-4-3-5-7-13)11-21-18(24)12-25-19-22-15-10-14(20)8-9-17(15)26-19/h3-10,16H,11-12H2,1-2H3,(H,21,24)/t16-/m1/s1. The number of fused-ring (bicyclic) bond motifs is 1. The number of carbonyl (C=O) groups excluding carboxylic acids is 1. The molecule has 0 unspecified atom stereocenters. The zero-order chi connectivity index (χ0) is 18.5. The van der Waals surface area contributed by atoms with Gasteiger partial charge in [0.1, 0.15) is 0 Å². The average Bonchev–Trinajstić information content (AvgIpc) is 3.02. The third-order valence-electron chi connectivity index (χ3n) is 3.96. The molecule has 1 amide bonds. The molecule has 0 aliphatic rings. The van der Waals surface area contributed by atoms with Crippen molar-refractivity contribution in [3.05, 3.63) is 59.1 Å². The van der Waals surface area contributed by atoms with Gasteiger partial charge in [0, 0.05) is 11.6 Å². The van der Waals surface area contributed by atoms with Gasteiger partial charge in [0.25, 0.3) is 0 Å². The van der Waals surface area contributed by atoms with Crippen LogP contribution >= 0.6 is 34.7 Å². The lowest BCUT2D eigenvalue weighted by Crippen LogP contribution is -2.35. The molecule has 3 aromatic rings. The minimum Gasteiger partial charge on any atom is -0.353 e. The van der Waals surface area contributed by atoms with E-state index in [0.717, 1.165) is 14.6 Å². The molecule has 1 aromatic heterocycles. The predicted molar refractivity (Wildman–Crippen MR) is 111 cm³/mol. The van der Waals surface area contributed by atoms with Gasteiger partial charge in [0.2, 0.25) is 5.91 Å². The maximum Gasteiger partial charge on any atom is 0.230 e. The molecule has 0 radical (unpaired) electrons. The highest BCUT2D eigenvalue weighted by molar-refractivity contribution is 8.01. The van der Waals surface area contributed by atoms with Gasteiger partial charge in [-0.1, -0.05) is 53.7 Å². The van der Waals surface area contributed by atoms with Gasteiger partial charge in [-0.05, 0) is 37.9 Å². The van der Waals surface area contributed by atoms with Crippen molar-refractivity contribution >= 4 is 50.8 Å². The molecule has 0 aliphatic carbocycles. The van der Waals surface area contributed by atoms with Crippen molar-refractivity contribution in [2.75, 3.05) is 26.4 Å². The summed E-state index contributed by atoms with van der Waals surface area (Å²) >= 11 is 9.03. The molecule has 0 saturated carbocycles. The van der Waals surface area contributed by atoms with E-state index in [1.54, 1.807) is 11.3 Å². The van der Waals surface area contributed by atoms with Crippen LogP contribution < -0.4 is 5.32 Å². The molecule has 0 fully saturated rings. The number of thiazole rings is 1. The largest absolute Gasteiger partial charge is 0.353 e. The number of nitrogens with zero attached hydrogens (tertiary/aromatic N) is 2. The Morgan fingerprint density at radius 2 is 2.04 bits per heavy atom. The SMILES string of the molecule is CN(C)[C@H](CNC(=O)CSc1nc2cc(Cl)ccc2s1)c1ccccc1. The molecule has 2 aromatic carbocycles. The van der Waals surface area contributed by atoms with Crippen LogP contribution in [0.5, 0.6) is 0 Å². The number of rotatable bonds is 7. The number of likely N-dealkylation sites (N-methyl/N-ethyl adjacent to an activating group) is 1. The van der Waals surface area contributed by atoms with E-state index in [4.69, 9.17) is 11.6 Å². The molecule has 0 aliphatic heterocycles. The highest BCUT2D eigenvalue weighted by atomic mass is 35.5. The monoisotopic (exact) mass is 405 g/mol. The smallest absolute Gasteiger partial charge is 0.230 e. The summed E-state index contributed by atoms with van der Waals surface area (Å²) in [6.07, 6.45) is 0. The van der Waals surface area contributed by atoms with Gasteiger partial charge >= 0.3 is 0 Å². The Morgan fingerprint density at radius 3 is 2.77 bits per heavy atom. The van der Waals surface area contributed by atoms with E-state index in [0.29, 0.717) is 17.3 Å². The minimum absolute atomic E-state index is 0.00932. The van der Waals surface area contributed by atoms with Crippen LogP contribution in [0.3, 0.4) is 0 Å². The Hall–Kier alpha value is -1.60. The van der Waals surface area contributed by atoms with Crippen LogP contribution in [0.25, 0.3) is 10.2 Å². The van der Waals surface area contributed by atoms with Crippen LogP contribution in [0.2, 0.25) is 5.02 Å². The third kappa shape index (κ3) is 4.98. The molecular weight excluding hydrogens is 386 g/mol. The maximum absolute atomic E-state index is 12.2. The summed E-state index contributed by atoms with van der Waals surface area (Å²) in [4.78, 5) is 18.9. The number of carbonyl (C=O) groups is 1. The number of aromatic nitrogens is 1. The maximum atomic E-state index is 12.2. The first-order valence-electron chi connectivity index (χ1n) is 8.20. The molecule has 1 heterocycles. The molecule has 7 heteroatoms. The van der Waals surface area contributed by atoms with Crippen molar-refractivity contribution in [1.82, 2.24) is 15.2 Å². The van der Waals surface area contributed by atoms with Crippen molar-refractivity contribution in [2.45, 2.75) is 10.4 Å². The number of benzene rings is 2. The van der Waals surface area contributed by atoms with Gasteiger partial charge in [-0.15, -0.1) is 11.3 Å². The van der Waals surface area contributed by atoms with Gasteiger partial charge < -0.3 is 10.2 Å². The Labute approximate surface area is 166 Å². The highest BCUT2D eigenvalue weighted by Gasteiger charge is 2.15. The van der Waals surface area contributed by atoms with Gasteiger partial charge in [0.15, 0.2) is 4.34 Å². The Kier molecular flexibility index (Phi) is 6.53. The number of thioether (sulfide) groups is 1. The quantitative estimate of drug-likeness (QED) is 0.589. The molecule has 1 N–H and O–H groups in total. The highest BCUT2D eigenvalue weighted by Crippen LogP contribution is 2.30. The summed E-state index contributed by atoms with van der Waals surface area (Å²) in [5, 5.41) is 3.70. The number of nitrogens with one attached hydrogen (secondary N) is 1. The number of hydrogen-bond donors (Lipinski definition) is 1. The van der Waals surface area contributed by atoms with Crippen LogP contribution in [0.1, 0.15) is 11.6 Å². The average molecular weight is 406 g/mol. The number of amides is 1. The zero-order valence-corrected chi connectivity index (χ0v) is 17.0. The molecule has 0 saturated heterocycles. The summed E-state index contributed by atoms with van der Waals surface area (Å²) in [7, 11) is 4.04. The van der Waals surface area contributed by atoms with Gasteiger partial charge in [0.05, 0.1) is 22.0 Å². The van der Waals surface area contributed by atoms with Crippen LogP contribution in [-0.4, -0.2) is 42.2 Å². The lowest BCUT2D eigenvalue weighted by Gasteiger charge is -2.25. The summed E-state index contributed by atoms with van der Waals surface area (Å²) in [6, 6.07) is 16.0. The zero-order valence-electron chi connectivity index (χ0n) is 14.6. The van der Waals surface area contributed by atoms with Crippen molar-refractivity contribution in [3.63, 3.8) is 0 Å². The van der Waals surface area contributed by atoms with Crippen molar-refractivity contribution in [2.24, 2.45) is 0 Å². The second kappa shape index (κ2) is 8.86. The van der Waals surface area contributed by atoms with Crippen LogP contribution in [0.4, 0.5) is 0 Å². The Balaban J connectivity index is 1.54. The third-order valence-corrected chi connectivity index (χ3v) is 6.37. The fourth-order valence-corrected chi connectivity index (χ4v) is 4.65. The van der Waals surface area contributed by atoms with E-state index >= 15 is 0 Å². The molecule has 4 nitrogen and oxygen atoms in total. The predicted octanol–water partition coefficient (Wildman–Crippen LogP) is 4.46. The van der Waals surface area contributed by atoms with E-state index in [9.17, 15) is 4.79 Å². The summed E-state index contributed by atoms with van der Waals surface area (Å²) in [5.74, 6) is 0.359. The van der Waals surface area contributed by atoms with Crippen molar-refractivity contribution in [3.8, 4) is 0 Å². The molecule has 3 rings (SSSR count). The van der Waals surface area contributed by atoms with E-state index in [2.05, 4.69) is 27.3 Å². The normalized spacial score (nSPS) is 12.5. The summed E-state index contributed by atoms with van der Waals surface area (Å²) in [6.45, 7) is 0.575. The molecule has 0 bridgehead atoms. The molecule has 26 heavy (non-hydrogen) atoms. The van der Waals surface area contributed by atoms with Crippen LogP contribution in [-0.2, 0) is 4.79 Å². The second-order valence-electron chi connectivity index (χ2n) is 6.07. The van der Waals surface area contributed by atoms with Crippen LogP contribution in [0.15, 0.2) is 52.9 Å². The van der Waals surface area contributed by atoms with Crippen molar-refractivity contribution < 1.29 is 4.79 Å². The van der Waals surface area contributed by atoms with E-state index < -0.39 is 0 Å². The first kappa shape index (κ1) is 19.2. The second-order valence-corrected chi connectivity index (χ2v) is 8.76. The lowest BCUT2D eigenvalue weighted by molar-refractivity contribution is -0.118. The minimum atomic E-state index is 0.00932. The van der Waals surface area contributed by atoms with Crippen LogP contribution in [0, 0.1) is 0 Å². The van der Waals surface area contributed by atoms with Gasteiger partial charge in [-0.2, -0.15) is 0 Å². The molecule has 0 spiro atoms. The van der Waals surface area contributed by atoms with Crippen molar-refractivity contribution in [1.29, 1.82) is 0 Å².